The van der Waals surface area contributed by atoms with Gasteiger partial charge < -0.3 is 9.84 Å². The zero-order valence-corrected chi connectivity index (χ0v) is 14.0. The van der Waals surface area contributed by atoms with Crippen molar-refractivity contribution in [3.05, 3.63) is 35.9 Å². The van der Waals surface area contributed by atoms with Gasteiger partial charge in [0.25, 0.3) is 0 Å². The van der Waals surface area contributed by atoms with Crippen molar-refractivity contribution in [1.29, 1.82) is 0 Å². The molecule has 0 radical (unpaired) electrons. The minimum atomic E-state index is 0.322. The average molecular weight is 302 g/mol. The predicted molar refractivity (Wildman–Crippen MR) is 89.4 cm³/mol. The van der Waals surface area contributed by atoms with Crippen LogP contribution in [0.2, 0.25) is 0 Å². The van der Waals surface area contributed by atoms with Crippen LogP contribution in [0.5, 0.6) is 0 Å². The quantitative estimate of drug-likeness (QED) is 0.872. The lowest BCUT2D eigenvalue weighted by atomic mass is 9.62. The average Bonchev–Trinajstić information content (AvgIpc) is 2.90. The SMILES string of the molecule is CC(CO)C1CCC2C(OCc3ccccc3)CCCC12C. The van der Waals surface area contributed by atoms with E-state index in [1.165, 1.54) is 37.7 Å². The third-order valence-corrected chi connectivity index (χ3v) is 6.42. The monoisotopic (exact) mass is 302 g/mol. The van der Waals surface area contributed by atoms with Gasteiger partial charge in [-0.05, 0) is 54.4 Å². The van der Waals surface area contributed by atoms with Crippen LogP contribution in [0, 0.1) is 23.2 Å². The first-order valence-electron chi connectivity index (χ1n) is 8.91. The van der Waals surface area contributed by atoms with Gasteiger partial charge in [-0.1, -0.05) is 50.6 Å². The van der Waals surface area contributed by atoms with E-state index in [9.17, 15) is 5.11 Å². The van der Waals surface area contributed by atoms with Crippen LogP contribution >= 0.6 is 0 Å². The van der Waals surface area contributed by atoms with Crippen molar-refractivity contribution in [3.63, 3.8) is 0 Å². The fraction of sp³-hybridized carbons (Fsp3) is 0.700. The van der Waals surface area contributed by atoms with Gasteiger partial charge in [0.05, 0.1) is 12.7 Å². The summed E-state index contributed by atoms with van der Waals surface area (Å²) < 4.78 is 6.35. The zero-order chi connectivity index (χ0) is 15.6. The standard InChI is InChI=1S/C20H30O2/c1-15(13-21)17-10-11-18-19(9-6-12-20(17,18)2)22-14-16-7-4-3-5-8-16/h3-5,7-8,15,17-19,21H,6,9-14H2,1-2H3. The van der Waals surface area contributed by atoms with Crippen LogP contribution in [0.25, 0.3) is 0 Å². The molecule has 2 heteroatoms. The summed E-state index contributed by atoms with van der Waals surface area (Å²) in [7, 11) is 0. The second-order valence-electron chi connectivity index (χ2n) is 7.68. The lowest BCUT2D eigenvalue weighted by Gasteiger charge is -2.46. The number of aliphatic hydroxyl groups excluding tert-OH is 1. The molecule has 0 saturated heterocycles. The van der Waals surface area contributed by atoms with Crippen molar-refractivity contribution in [3.8, 4) is 0 Å². The number of aliphatic hydroxyl groups is 1. The van der Waals surface area contributed by atoms with Gasteiger partial charge in [0.15, 0.2) is 0 Å². The molecule has 22 heavy (non-hydrogen) atoms. The molecular formula is C20H30O2. The number of hydrogen-bond donors (Lipinski definition) is 1. The highest BCUT2D eigenvalue weighted by Gasteiger charge is 2.52. The number of ether oxygens (including phenoxy) is 1. The lowest BCUT2D eigenvalue weighted by Crippen LogP contribution is -2.43. The second-order valence-corrected chi connectivity index (χ2v) is 7.68. The maximum Gasteiger partial charge on any atom is 0.0720 e. The zero-order valence-electron chi connectivity index (χ0n) is 14.0. The number of rotatable bonds is 5. The summed E-state index contributed by atoms with van der Waals surface area (Å²) in [4.78, 5) is 0. The topological polar surface area (TPSA) is 29.5 Å². The molecule has 2 fully saturated rings. The molecule has 0 aliphatic heterocycles. The van der Waals surface area contributed by atoms with Crippen molar-refractivity contribution < 1.29 is 9.84 Å². The maximum absolute atomic E-state index is 9.59. The maximum atomic E-state index is 9.59. The molecule has 2 aliphatic carbocycles. The molecule has 2 nitrogen and oxygen atoms in total. The predicted octanol–water partition coefficient (Wildman–Crippen LogP) is 4.42. The summed E-state index contributed by atoms with van der Waals surface area (Å²) in [5, 5.41) is 9.59. The van der Waals surface area contributed by atoms with E-state index in [0.29, 0.717) is 35.9 Å². The van der Waals surface area contributed by atoms with Gasteiger partial charge >= 0.3 is 0 Å². The summed E-state index contributed by atoms with van der Waals surface area (Å²) in [6.07, 6.45) is 6.69. The Kier molecular flexibility index (Phi) is 4.89. The van der Waals surface area contributed by atoms with E-state index in [-0.39, 0.29) is 0 Å². The van der Waals surface area contributed by atoms with Gasteiger partial charge in [-0.2, -0.15) is 0 Å². The molecule has 0 aromatic heterocycles. The van der Waals surface area contributed by atoms with Crippen molar-refractivity contribution in [2.24, 2.45) is 23.2 Å². The highest BCUT2D eigenvalue weighted by atomic mass is 16.5. The molecule has 2 aliphatic rings. The van der Waals surface area contributed by atoms with Gasteiger partial charge in [0, 0.05) is 6.61 Å². The molecule has 0 heterocycles. The molecule has 0 amide bonds. The minimum absolute atomic E-state index is 0.322. The van der Waals surface area contributed by atoms with E-state index >= 15 is 0 Å². The Balaban J connectivity index is 1.67. The Labute approximate surface area is 134 Å². The molecule has 1 aromatic carbocycles. The molecular weight excluding hydrogens is 272 g/mol. The van der Waals surface area contributed by atoms with E-state index in [2.05, 4.69) is 44.2 Å². The summed E-state index contributed by atoms with van der Waals surface area (Å²) in [6, 6.07) is 10.5. The van der Waals surface area contributed by atoms with Crippen LogP contribution in [-0.2, 0) is 11.3 Å². The molecule has 122 valence electrons. The fourth-order valence-corrected chi connectivity index (χ4v) is 5.20. The van der Waals surface area contributed by atoms with Crippen LogP contribution < -0.4 is 0 Å². The summed E-state index contributed by atoms with van der Waals surface area (Å²) in [5.74, 6) is 1.75. The largest absolute Gasteiger partial charge is 0.396 e. The van der Waals surface area contributed by atoms with Gasteiger partial charge in [0.1, 0.15) is 0 Å². The van der Waals surface area contributed by atoms with Gasteiger partial charge in [-0.25, -0.2) is 0 Å². The number of benzene rings is 1. The minimum Gasteiger partial charge on any atom is -0.396 e. The third kappa shape index (κ3) is 2.96. The van der Waals surface area contributed by atoms with Gasteiger partial charge in [-0.3, -0.25) is 0 Å². The van der Waals surface area contributed by atoms with Crippen molar-refractivity contribution in [1.82, 2.24) is 0 Å². The molecule has 2 saturated carbocycles. The van der Waals surface area contributed by atoms with Gasteiger partial charge in [0.2, 0.25) is 0 Å². The third-order valence-electron chi connectivity index (χ3n) is 6.42. The van der Waals surface area contributed by atoms with Crippen LogP contribution in [0.4, 0.5) is 0 Å². The highest BCUT2D eigenvalue weighted by molar-refractivity contribution is 5.13. The van der Waals surface area contributed by atoms with E-state index in [1.54, 1.807) is 0 Å². The smallest absolute Gasteiger partial charge is 0.0720 e. The van der Waals surface area contributed by atoms with E-state index < -0.39 is 0 Å². The molecule has 5 atom stereocenters. The molecule has 5 unspecified atom stereocenters. The summed E-state index contributed by atoms with van der Waals surface area (Å²) in [6.45, 7) is 5.73. The Morgan fingerprint density at radius 1 is 1.23 bits per heavy atom. The number of hydrogen-bond acceptors (Lipinski definition) is 2. The Morgan fingerprint density at radius 2 is 2.00 bits per heavy atom. The highest BCUT2D eigenvalue weighted by Crippen LogP contribution is 2.58. The summed E-state index contributed by atoms with van der Waals surface area (Å²) >= 11 is 0. The first kappa shape index (κ1) is 16.0. The fourth-order valence-electron chi connectivity index (χ4n) is 5.20. The van der Waals surface area contributed by atoms with E-state index in [4.69, 9.17) is 4.74 Å². The van der Waals surface area contributed by atoms with Crippen LogP contribution in [0.15, 0.2) is 30.3 Å². The second kappa shape index (κ2) is 6.72. The first-order valence-corrected chi connectivity index (χ1v) is 8.91. The van der Waals surface area contributed by atoms with Crippen LogP contribution in [-0.4, -0.2) is 17.8 Å². The first-order chi connectivity index (χ1) is 10.6. The molecule has 1 aromatic rings. The molecule has 0 spiro atoms. The summed E-state index contributed by atoms with van der Waals surface area (Å²) in [5.41, 5.74) is 1.63. The van der Waals surface area contributed by atoms with Crippen molar-refractivity contribution in [2.45, 2.75) is 58.7 Å². The normalized spacial score (nSPS) is 36.0. The van der Waals surface area contributed by atoms with Crippen LogP contribution in [0.3, 0.4) is 0 Å². The van der Waals surface area contributed by atoms with Crippen molar-refractivity contribution in [2.75, 3.05) is 6.61 Å². The van der Waals surface area contributed by atoms with E-state index in [1.807, 2.05) is 0 Å². The Bertz CT molecular complexity index is 472. The number of fused-ring (bicyclic) bond motifs is 1. The molecule has 0 bridgehead atoms. The van der Waals surface area contributed by atoms with Crippen molar-refractivity contribution >= 4 is 0 Å². The Hall–Kier alpha value is -0.860. The van der Waals surface area contributed by atoms with Crippen LogP contribution in [0.1, 0.15) is 51.5 Å². The lowest BCUT2D eigenvalue weighted by molar-refractivity contribution is -0.0783. The molecule has 3 rings (SSSR count). The van der Waals surface area contributed by atoms with E-state index in [0.717, 1.165) is 6.61 Å². The van der Waals surface area contributed by atoms with Gasteiger partial charge in [-0.15, -0.1) is 0 Å². The Morgan fingerprint density at radius 3 is 2.73 bits per heavy atom. The molecule has 1 N–H and O–H groups in total.